The van der Waals surface area contributed by atoms with Crippen molar-refractivity contribution in [1.29, 1.82) is 0 Å². The molecule has 5 heterocycles. The summed E-state index contributed by atoms with van der Waals surface area (Å²) in [7, 11) is 0. The van der Waals surface area contributed by atoms with Gasteiger partial charge in [0.1, 0.15) is 5.52 Å². The van der Waals surface area contributed by atoms with E-state index in [9.17, 15) is 0 Å². The van der Waals surface area contributed by atoms with Crippen LogP contribution in [0.4, 0.5) is 0 Å². The van der Waals surface area contributed by atoms with Gasteiger partial charge in [-0.2, -0.15) is 5.10 Å². The van der Waals surface area contributed by atoms with E-state index in [0.29, 0.717) is 6.54 Å². The number of aromatic amines is 1. The van der Waals surface area contributed by atoms with Crippen LogP contribution >= 0.6 is 0 Å². The molecule has 0 aliphatic carbocycles. The van der Waals surface area contributed by atoms with Crippen LogP contribution in [-0.2, 0) is 6.54 Å². The van der Waals surface area contributed by atoms with E-state index < -0.39 is 0 Å². The van der Waals surface area contributed by atoms with Crippen molar-refractivity contribution in [2.24, 2.45) is 0 Å². The van der Waals surface area contributed by atoms with E-state index in [2.05, 4.69) is 25.0 Å². The van der Waals surface area contributed by atoms with Crippen LogP contribution in [-0.4, -0.2) is 34.7 Å². The van der Waals surface area contributed by atoms with Crippen LogP contribution in [0.25, 0.3) is 33.5 Å². The average molecular weight is 353 g/mol. The minimum Gasteiger partial charge on any atom is -0.344 e. The largest absolute Gasteiger partial charge is 0.344 e. The summed E-state index contributed by atoms with van der Waals surface area (Å²) in [5.41, 5.74) is 6.45. The Balaban J connectivity index is 1.52. The first-order valence-corrected chi connectivity index (χ1v) is 8.53. The molecule has 0 atom stereocenters. The standard InChI is InChI=1S/C20H15N7/c1-2-14(8-22-5-1)12-27-13-16(9-25-27)17-10-23-20-19(17)26-18(11-24-20)15-3-6-21-7-4-15/h1-11,13H,12H2,(H,23,24). The predicted octanol–water partition coefficient (Wildman–Crippen LogP) is 3.33. The van der Waals surface area contributed by atoms with Gasteiger partial charge in [-0.15, -0.1) is 0 Å². The molecule has 5 aromatic heterocycles. The number of pyridine rings is 2. The average Bonchev–Trinajstić information content (AvgIpc) is 3.35. The first-order valence-electron chi connectivity index (χ1n) is 8.53. The Bertz CT molecular complexity index is 1190. The molecule has 0 amide bonds. The van der Waals surface area contributed by atoms with Gasteiger partial charge in [0.15, 0.2) is 5.65 Å². The first kappa shape index (κ1) is 15.4. The summed E-state index contributed by atoms with van der Waals surface area (Å²) in [5.74, 6) is 0. The highest BCUT2D eigenvalue weighted by atomic mass is 15.3. The van der Waals surface area contributed by atoms with Crippen molar-refractivity contribution in [3.05, 3.63) is 79.4 Å². The Morgan fingerprint density at radius 1 is 0.926 bits per heavy atom. The van der Waals surface area contributed by atoms with Crippen LogP contribution in [0.2, 0.25) is 0 Å². The van der Waals surface area contributed by atoms with Crippen molar-refractivity contribution < 1.29 is 0 Å². The number of hydrogen-bond donors (Lipinski definition) is 1. The number of nitrogens with zero attached hydrogens (tertiary/aromatic N) is 6. The van der Waals surface area contributed by atoms with Gasteiger partial charge < -0.3 is 4.98 Å². The molecule has 130 valence electrons. The third kappa shape index (κ3) is 2.95. The summed E-state index contributed by atoms with van der Waals surface area (Å²) in [6.07, 6.45) is 14.7. The predicted molar refractivity (Wildman–Crippen MR) is 102 cm³/mol. The topological polar surface area (TPSA) is 85.2 Å². The highest BCUT2D eigenvalue weighted by Crippen LogP contribution is 2.28. The van der Waals surface area contributed by atoms with Gasteiger partial charge in [-0.1, -0.05) is 6.07 Å². The molecule has 0 aromatic carbocycles. The van der Waals surface area contributed by atoms with Gasteiger partial charge in [-0.25, -0.2) is 9.97 Å². The zero-order valence-corrected chi connectivity index (χ0v) is 14.3. The molecule has 0 aliphatic heterocycles. The van der Waals surface area contributed by atoms with Gasteiger partial charge in [-0.3, -0.25) is 14.6 Å². The smallest absolute Gasteiger partial charge is 0.156 e. The van der Waals surface area contributed by atoms with Crippen molar-refractivity contribution in [3.8, 4) is 22.4 Å². The fourth-order valence-electron chi connectivity index (χ4n) is 3.04. The molecule has 7 nitrogen and oxygen atoms in total. The van der Waals surface area contributed by atoms with Gasteiger partial charge in [0.05, 0.1) is 24.6 Å². The molecule has 5 rings (SSSR count). The Morgan fingerprint density at radius 2 is 1.85 bits per heavy atom. The zero-order valence-electron chi connectivity index (χ0n) is 14.3. The van der Waals surface area contributed by atoms with Crippen LogP contribution in [0.15, 0.2) is 73.8 Å². The number of hydrogen-bond acceptors (Lipinski definition) is 5. The van der Waals surface area contributed by atoms with Crippen molar-refractivity contribution in [2.45, 2.75) is 6.54 Å². The Hall–Kier alpha value is -3.87. The minimum atomic E-state index is 0.671. The van der Waals surface area contributed by atoms with Gasteiger partial charge in [0.2, 0.25) is 0 Å². The van der Waals surface area contributed by atoms with Crippen LogP contribution < -0.4 is 0 Å². The van der Waals surface area contributed by atoms with Gasteiger partial charge >= 0.3 is 0 Å². The molecule has 0 spiro atoms. The molecule has 0 saturated heterocycles. The molecule has 0 radical (unpaired) electrons. The van der Waals surface area contributed by atoms with Crippen LogP contribution in [0.1, 0.15) is 5.56 Å². The third-order valence-electron chi connectivity index (χ3n) is 4.37. The lowest BCUT2D eigenvalue weighted by Crippen LogP contribution is -1.99. The lowest BCUT2D eigenvalue weighted by molar-refractivity contribution is 0.685. The quantitative estimate of drug-likeness (QED) is 0.536. The summed E-state index contributed by atoms with van der Waals surface area (Å²) < 4.78 is 1.89. The second kappa shape index (κ2) is 6.45. The summed E-state index contributed by atoms with van der Waals surface area (Å²) >= 11 is 0. The van der Waals surface area contributed by atoms with Gasteiger partial charge in [0.25, 0.3) is 0 Å². The van der Waals surface area contributed by atoms with E-state index in [1.807, 2.05) is 53.7 Å². The third-order valence-corrected chi connectivity index (χ3v) is 4.37. The SMILES string of the molecule is c1cncc(Cn2cc(-c3c[nH]c4ncc(-c5ccncc5)nc34)cn2)c1. The van der Waals surface area contributed by atoms with Crippen LogP contribution in [0.5, 0.6) is 0 Å². The minimum absolute atomic E-state index is 0.671. The molecular weight excluding hydrogens is 338 g/mol. The molecule has 0 saturated carbocycles. The summed E-state index contributed by atoms with van der Waals surface area (Å²) in [5, 5.41) is 4.47. The molecule has 0 aliphatic rings. The van der Waals surface area contributed by atoms with E-state index in [1.165, 1.54) is 0 Å². The molecule has 0 bridgehead atoms. The number of fused-ring (bicyclic) bond motifs is 1. The normalized spacial score (nSPS) is 11.1. The summed E-state index contributed by atoms with van der Waals surface area (Å²) in [6, 6.07) is 7.81. The lowest BCUT2D eigenvalue weighted by atomic mass is 10.1. The Labute approximate surface area is 154 Å². The fourth-order valence-corrected chi connectivity index (χ4v) is 3.04. The second-order valence-electron chi connectivity index (χ2n) is 6.18. The van der Waals surface area contributed by atoms with Crippen molar-refractivity contribution in [2.75, 3.05) is 0 Å². The first-order chi connectivity index (χ1) is 13.4. The van der Waals surface area contributed by atoms with E-state index in [4.69, 9.17) is 4.98 Å². The molecule has 5 aromatic rings. The molecule has 27 heavy (non-hydrogen) atoms. The van der Waals surface area contributed by atoms with Crippen molar-refractivity contribution >= 4 is 11.2 Å². The molecular formula is C20H15N7. The van der Waals surface area contributed by atoms with Crippen LogP contribution in [0, 0.1) is 0 Å². The number of H-pyrrole nitrogens is 1. The van der Waals surface area contributed by atoms with E-state index in [1.54, 1.807) is 24.8 Å². The summed E-state index contributed by atoms with van der Waals surface area (Å²) in [6.45, 7) is 0.671. The maximum Gasteiger partial charge on any atom is 0.156 e. The number of aromatic nitrogens is 7. The highest BCUT2D eigenvalue weighted by Gasteiger charge is 2.12. The van der Waals surface area contributed by atoms with Gasteiger partial charge in [0, 0.05) is 53.9 Å². The lowest BCUT2D eigenvalue weighted by Gasteiger charge is -2.01. The van der Waals surface area contributed by atoms with E-state index in [0.717, 1.165) is 39.1 Å². The number of rotatable bonds is 4. The fraction of sp³-hybridized carbons (Fsp3) is 0.0500. The summed E-state index contributed by atoms with van der Waals surface area (Å²) in [4.78, 5) is 20.7. The van der Waals surface area contributed by atoms with Crippen molar-refractivity contribution in [3.63, 3.8) is 0 Å². The van der Waals surface area contributed by atoms with E-state index in [-0.39, 0.29) is 0 Å². The Morgan fingerprint density at radius 3 is 2.70 bits per heavy atom. The maximum absolute atomic E-state index is 4.81. The van der Waals surface area contributed by atoms with E-state index >= 15 is 0 Å². The number of nitrogens with one attached hydrogen (secondary N) is 1. The maximum atomic E-state index is 4.81. The molecule has 0 unspecified atom stereocenters. The highest BCUT2D eigenvalue weighted by molar-refractivity contribution is 5.91. The molecule has 0 fully saturated rings. The molecule has 1 N–H and O–H groups in total. The molecule has 7 heteroatoms. The van der Waals surface area contributed by atoms with Crippen molar-refractivity contribution in [1.82, 2.24) is 34.7 Å². The van der Waals surface area contributed by atoms with Gasteiger partial charge in [-0.05, 0) is 23.8 Å². The Kier molecular flexibility index (Phi) is 3.68. The van der Waals surface area contributed by atoms with Crippen LogP contribution in [0.3, 0.4) is 0 Å². The monoisotopic (exact) mass is 353 g/mol. The second-order valence-corrected chi connectivity index (χ2v) is 6.18. The zero-order chi connectivity index (χ0) is 18.1.